The van der Waals surface area contributed by atoms with Gasteiger partial charge < -0.3 is 15.8 Å². The summed E-state index contributed by atoms with van der Waals surface area (Å²) in [6.45, 7) is 1.77. The van der Waals surface area contributed by atoms with Crippen LogP contribution < -0.4 is 15.8 Å². The van der Waals surface area contributed by atoms with Crippen LogP contribution in [-0.2, 0) is 4.79 Å². The van der Waals surface area contributed by atoms with Crippen LogP contribution in [0.1, 0.15) is 5.56 Å². The highest BCUT2D eigenvalue weighted by Gasteiger charge is 2.10. The molecule has 0 aliphatic rings. The summed E-state index contributed by atoms with van der Waals surface area (Å²) in [7, 11) is 0. The summed E-state index contributed by atoms with van der Waals surface area (Å²) < 4.78 is 6.25. The summed E-state index contributed by atoms with van der Waals surface area (Å²) in [5.74, 6) is 0.303. The van der Waals surface area contributed by atoms with Crippen LogP contribution in [-0.4, -0.2) is 12.5 Å². The first-order valence-corrected chi connectivity index (χ1v) is 7.36. The molecule has 0 heterocycles. The van der Waals surface area contributed by atoms with E-state index in [1.54, 1.807) is 30.3 Å². The fourth-order valence-corrected chi connectivity index (χ4v) is 2.51. The van der Waals surface area contributed by atoms with Gasteiger partial charge in [-0.1, -0.05) is 27.5 Å². The highest BCUT2D eigenvalue weighted by Crippen LogP contribution is 2.27. The first kappa shape index (κ1) is 15.7. The van der Waals surface area contributed by atoms with E-state index < -0.39 is 0 Å². The number of carbonyl (C=O) groups is 1. The summed E-state index contributed by atoms with van der Waals surface area (Å²) in [5, 5.41) is 3.37. The molecule has 1 amide bonds. The van der Waals surface area contributed by atoms with Crippen molar-refractivity contribution in [3.63, 3.8) is 0 Å². The van der Waals surface area contributed by atoms with E-state index >= 15 is 0 Å². The fourth-order valence-electron chi connectivity index (χ4n) is 1.80. The van der Waals surface area contributed by atoms with Gasteiger partial charge in [0.15, 0.2) is 6.61 Å². The summed E-state index contributed by atoms with van der Waals surface area (Å²) in [4.78, 5) is 11.9. The van der Waals surface area contributed by atoms with Gasteiger partial charge in [-0.2, -0.15) is 0 Å². The van der Waals surface area contributed by atoms with Crippen molar-refractivity contribution in [3.8, 4) is 5.75 Å². The Bertz CT molecular complexity index is 636. The number of hydrogen-bond acceptors (Lipinski definition) is 3. The molecule has 6 heteroatoms. The van der Waals surface area contributed by atoms with Gasteiger partial charge in [-0.25, -0.2) is 0 Å². The molecule has 3 N–H and O–H groups in total. The Morgan fingerprint density at radius 2 is 2.00 bits per heavy atom. The van der Waals surface area contributed by atoms with Crippen LogP contribution in [0.15, 0.2) is 40.9 Å². The number of halogens is 2. The number of benzene rings is 2. The average Bonchev–Trinajstić information content (AvgIpc) is 2.42. The van der Waals surface area contributed by atoms with E-state index in [1.165, 1.54) is 0 Å². The van der Waals surface area contributed by atoms with E-state index in [4.69, 9.17) is 22.1 Å². The van der Waals surface area contributed by atoms with E-state index in [1.807, 2.05) is 13.0 Å². The molecule has 0 aliphatic heterocycles. The largest absolute Gasteiger partial charge is 0.484 e. The van der Waals surface area contributed by atoms with Gasteiger partial charge in [0.25, 0.3) is 5.91 Å². The SMILES string of the molecule is Cc1cc(Br)cc(N)c1NC(=O)COc1ccc(Cl)cc1. The number of ether oxygens (including phenoxy) is 1. The summed E-state index contributed by atoms with van der Waals surface area (Å²) in [6.07, 6.45) is 0. The number of aryl methyl sites for hydroxylation is 1. The predicted molar refractivity (Wildman–Crippen MR) is 88.9 cm³/mol. The van der Waals surface area contributed by atoms with Crippen LogP contribution in [0.5, 0.6) is 5.75 Å². The number of nitrogen functional groups attached to an aromatic ring is 1. The zero-order valence-electron chi connectivity index (χ0n) is 11.3. The number of hydrogen-bond donors (Lipinski definition) is 2. The van der Waals surface area contributed by atoms with Crippen LogP contribution in [0.25, 0.3) is 0 Å². The minimum absolute atomic E-state index is 0.101. The Balaban J connectivity index is 1.97. The van der Waals surface area contributed by atoms with Gasteiger partial charge in [0.2, 0.25) is 0 Å². The molecule has 0 saturated carbocycles. The molecule has 0 saturated heterocycles. The van der Waals surface area contributed by atoms with Crippen LogP contribution in [0.3, 0.4) is 0 Å². The summed E-state index contributed by atoms with van der Waals surface area (Å²) in [6, 6.07) is 10.4. The molecule has 0 atom stereocenters. The fraction of sp³-hybridized carbons (Fsp3) is 0.133. The highest BCUT2D eigenvalue weighted by atomic mass is 79.9. The zero-order valence-corrected chi connectivity index (χ0v) is 13.7. The third-order valence-electron chi connectivity index (χ3n) is 2.78. The minimum Gasteiger partial charge on any atom is -0.484 e. The molecule has 0 spiro atoms. The number of nitrogens with two attached hydrogens (primary N) is 1. The maximum Gasteiger partial charge on any atom is 0.262 e. The molecule has 0 bridgehead atoms. The lowest BCUT2D eigenvalue weighted by Gasteiger charge is -2.12. The molecular weight excluding hydrogens is 356 g/mol. The molecule has 0 aromatic heterocycles. The van der Waals surface area contributed by atoms with Crippen molar-refractivity contribution in [3.05, 3.63) is 51.5 Å². The van der Waals surface area contributed by atoms with Gasteiger partial charge in [-0.05, 0) is 48.9 Å². The Labute approximate surface area is 136 Å². The molecule has 21 heavy (non-hydrogen) atoms. The van der Waals surface area contributed by atoms with E-state index in [-0.39, 0.29) is 12.5 Å². The topological polar surface area (TPSA) is 64.3 Å². The van der Waals surface area contributed by atoms with Gasteiger partial charge in [0.1, 0.15) is 5.75 Å². The highest BCUT2D eigenvalue weighted by molar-refractivity contribution is 9.10. The number of amides is 1. The van der Waals surface area contributed by atoms with Crippen LogP contribution >= 0.6 is 27.5 Å². The molecule has 0 fully saturated rings. The lowest BCUT2D eigenvalue weighted by atomic mass is 10.1. The molecule has 0 aliphatic carbocycles. The number of anilines is 2. The summed E-state index contributed by atoms with van der Waals surface area (Å²) >= 11 is 9.13. The zero-order chi connectivity index (χ0) is 15.4. The van der Waals surface area contributed by atoms with Gasteiger partial charge >= 0.3 is 0 Å². The Kier molecular flexibility index (Phi) is 5.09. The van der Waals surface area contributed by atoms with E-state index in [0.717, 1.165) is 10.0 Å². The first-order chi connectivity index (χ1) is 9.95. The van der Waals surface area contributed by atoms with Crippen molar-refractivity contribution in [1.29, 1.82) is 0 Å². The molecule has 2 aromatic rings. The van der Waals surface area contributed by atoms with Crippen LogP contribution in [0.2, 0.25) is 5.02 Å². The molecule has 2 rings (SSSR count). The summed E-state index contributed by atoms with van der Waals surface area (Å²) in [5.41, 5.74) is 7.87. The lowest BCUT2D eigenvalue weighted by Crippen LogP contribution is -2.21. The first-order valence-electron chi connectivity index (χ1n) is 6.19. The van der Waals surface area contributed by atoms with E-state index in [0.29, 0.717) is 22.1 Å². The molecule has 0 radical (unpaired) electrons. The normalized spacial score (nSPS) is 10.2. The second kappa shape index (κ2) is 6.83. The van der Waals surface area contributed by atoms with Crippen molar-refractivity contribution < 1.29 is 9.53 Å². The minimum atomic E-state index is -0.276. The number of rotatable bonds is 4. The number of carbonyl (C=O) groups excluding carboxylic acids is 1. The van der Waals surface area contributed by atoms with Crippen molar-refractivity contribution in [2.75, 3.05) is 17.7 Å². The van der Waals surface area contributed by atoms with Crippen molar-refractivity contribution >= 4 is 44.8 Å². The number of nitrogens with one attached hydrogen (secondary N) is 1. The Hall–Kier alpha value is -1.72. The molecule has 0 unspecified atom stereocenters. The third kappa shape index (κ3) is 4.37. The lowest BCUT2D eigenvalue weighted by molar-refractivity contribution is -0.118. The Morgan fingerprint density at radius 1 is 1.33 bits per heavy atom. The van der Waals surface area contributed by atoms with Crippen LogP contribution in [0.4, 0.5) is 11.4 Å². The second-order valence-electron chi connectivity index (χ2n) is 4.48. The van der Waals surface area contributed by atoms with E-state index in [9.17, 15) is 4.79 Å². The third-order valence-corrected chi connectivity index (χ3v) is 3.49. The molecule has 110 valence electrons. The quantitative estimate of drug-likeness (QED) is 0.800. The monoisotopic (exact) mass is 368 g/mol. The standard InChI is InChI=1S/C15H14BrClN2O2/c1-9-6-10(16)7-13(18)15(9)19-14(20)8-21-12-4-2-11(17)3-5-12/h2-7H,8,18H2,1H3,(H,19,20). The van der Waals surface area contributed by atoms with Crippen LogP contribution in [0, 0.1) is 6.92 Å². The predicted octanol–water partition coefficient (Wildman–Crippen LogP) is 4.01. The Morgan fingerprint density at radius 3 is 2.62 bits per heavy atom. The van der Waals surface area contributed by atoms with Gasteiger partial charge in [-0.3, -0.25) is 4.79 Å². The maximum absolute atomic E-state index is 11.9. The molecule has 4 nitrogen and oxygen atoms in total. The van der Waals surface area contributed by atoms with Crippen molar-refractivity contribution in [1.82, 2.24) is 0 Å². The van der Waals surface area contributed by atoms with Crippen molar-refractivity contribution in [2.45, 2.75) is 6.92 Å². The van der Waals surface area contributed by atoms with Gasteiger partial charge in [0, 0.05) is 9.50 Å². The molecular formula is C15H14BrClN2O2. The van der Waals surface area contributed by atoms with Gasteiger partial charge in [0.05, 0.1) is 11.4 Å². The average molecular weight is 370 g/mol. The van der Waals surface area contributed by atoms with Gasteiger partial charge in [-0.15, -0.1) is 0 Å². The second-order valence-corrected chi connectivity index (χ2v) is 5.83. The smallest absolute Gasteiger partial charge is 0.262 e. The maximum atomic E-state index is 11.9. The molecule has 2 aromatic carbocycles. The van der Waals surface area contributed by atoms with E-state index in [2.05, 4.69) is 21.2 Å². The van der Waals surface area contributed by atoms with Crippen molar-refractivity contribution in [2.24, 2.45) is 0 Å².